The van der Waals surface area contributed by atoms with Crippen molar-refractivity contribution in [2.45, 2.75) is 43.9 Å². The lowest BCUT2D eigenvalue weighted by Gasteiger charge is -2.36. The van der Waals surface area contributed by atoms with Crippen LogP contribution in [0.1, 0.15) is 31.2 Å². The van der Waals surface area contributed by atoms with Crippen molar-refractivity contribution in [1.29, 1.82) is 0 Å². The monoisotopic (exact) mass is 347 g/mol. The number of likely N-dealkylation sites (tertiary alicyclic amines) is 1. The Labute approximate surface area is 149 Å². The van der Waals surface area contributed by atoms with Crippen LogP contribution in [0.5, 0.6) is 0 Å². The Morgan fingerprint density at radius 3 is 2.88 bits per heavy atom. The number of carbonyl (C=O) groups excluding carboxylic acids is 1. The Kier molecular flexibility index (Phi) is 6.29. The van der Waals surface area contributed by atoms with Gasteiger partial charge in [0.1, 0.15) is 5.60 Å². The standard InChI is InChI=1S/C19H29N3O3/c23-18(21-14-19(24)9-11-25-15-19)20-12-17-8-4-5-10-22(17)13-16-6-2-1-3-7-16/h1-3,6-7,17,24H,4-5,8-15H2,(H2,20,21,23)/t17-,19-/m0/s1. The zero-order valence-electron chi connectivity index (χ0n) is 14.7. The van der Waals surface area contributed by atoms with E-state index in [9.17, 15) is 9.90 Å². The molecule has 0 bridgehead atoms. The smallest absolute Gasteiger partial charge is 0.314 e. The number of ether oxygens (including phenoxy) is 1. The van der Waals surface area contributed by atoms with E-state index < -0.39 is 5.60 Å². The first-order chi connectivity index (χ1) is 12.1. The molecule has 6 nitrogen and oxygen atoms in total. The number of nitrogens with zero attached hydrogens (tertiary/aromatic N) is 1. The van der Waals surface area contributed by atoms with Gasteiger partial charge in [-0.25, -0.2) is 4.79 Å². The van der Waals surface area contributed by atoms with E-state index in [1.807, 2.05) is 6.07 Å². The van der Waals surface area contributed by atoms with E-state index in [1.165, 1.54) is 18.4 Å². The molecule has 0 spiro atoms. The average molecular weight is 347 g/mol. The second-order valence-corrected chi connectivity index (χ2v) is 7.20. The summed E-state index contributed by atoms with van der Waals surface area (Å²) in [6.45, 7) is 3.70. The molecule has 1 aromatic carbocycles. The van der Waals surface area contributed by atoms with Gasteiger partial charge in [0.2, 0.25) is 0 Å². The molecule has 1 aromatic rings. The highest BCUT2D eigenvalue weighted by Crippen LogP contribution is 2.19. The number of urea groups is 1. The Hall–Kier alpha value is -1.63. The maximum atomic E-state index is 12.1. The second-order valence-electron chi connectivity index (χ2n) is 7.20. The summed E-state index contributed by atoms with van der Waals surface area (Å²) >= 11 is 0. The third kappa shape index (κ3) is 5.42. The zero-order valence-corrected chi connectivity index (χ0v) is 14.7. The third-order valence-corrected chi connectivity index (χ3v) is 5.14. The molecule has 3 rings (SSSR count). The Bertz CT molecular complexity index is 546. The summed E-state index contributed by atoms with van der Waals surface area (Å²) < 4.78 is 5.19. The van der Waals surface area contributed by atoms with E-state index in [-0.39, 0.29) is 12.6 Å². The maximum Gasteiger partial charge on any atom is 0.314 e. The van der Waals surface area contributed by atoms with E-state index in [0.717, 1.165) is 19.5 Å². The van der Waals surface area contributed by atoms with Gasteiger partial charge >= 0.3 is 6.03 Å². The number of aliphatic hydroxyl groups is 1. The largest absolute Gasteiger partial charge is 0.386 e. The van der Waals surface area contributed by atoms with Gasteiger partial charge in [0.15, 0.2) is 0 Å². The first-order valence-corrected chi connectivity index (χ1v) is 9.24. The molecule has 2 aliphatic rings. The molecule has 0 unspecified atom stereocenters. The van der Waals surface area contributed by atoms with Crippen LogP contribution in [0, 0.1) is 0 Å². The number of piperidine rings is 1. The van der Waals surface area contributed by atoms with Gasteiger partial charge in [-0.1, -0.05) is 36.8 Å². The third-order valence-electron chi connectivity index (χ3n) is 5.14. The minimum atomic E-state index is -0.915. The molecular formula is C19H29N3O3. The van der Waals surface area contributed by atoms with Crippen molar-refractivity contribution in [3.63, 3.8) is 0 Å². The predicted molar refractivity (Wildman–Crippen MR) is 96.3 cm³/mol. The number of amides is 2. The van der Waals surface area contributed by atoms with Gasteiger partial charge in [-0.2, -0.15) is 0 Å². The number of hydrogen-bond acceptors (Lipinski definition) is 4. The molecule has 138 valence electrons. The molecule has 0 aromatic heterocycles. The highest BCUT2D eigenvalue weighted by molar-refractivity contribution is 5.73. The van der Waals surface area contributed by atoms with Crippen molar-refractivity contribution in [3.8, 4) is 0 Å². The van der Waals surface area contributed by atoms with Crippen LogP contribution >= 0.6 is 0 Å². The van der Waals surface area contributed by atoms with E-state index >= 15 is 0 Å². The molecule has 0 aliphatic carbocycles. The first kappa shape index (κ1) is 18.2. The summed E-state index contributed by atoms with van der Waals surface area (Å²) in [5.41, 5.74) is 0.393. The quantitative estimate of drug-likeness (QED) is 0.729. The van der Waals surface area contributed by atoms with E-state index in [0.29, 0.717) is 32.2 Å². The summed E-state index contributed by atoms with van der Waals surface area (Å²) in [5, 5.41) is 15.9. The van der Waals surface area contributed by atoms with Crippen LogP contribution in [0.2, 0.25) is 0 Å². The van der Waals surface area contributed by atoms with E-state index in [2.05, 4.69) is 39.8 Å². The normalized spacial score (nSPS) is 27.2. The number of benzene rings is 1. The SMILES string of the molecule is O=C(NC[C@@H]1CCCCN1Cc1ccccc1)NC[C@@]1(O)CCOC1. The van der Waals surface area contributed by atoms with Crippen LogP contribution in [-0.4, -0.2) is 60.5 Å². The molecule has 2 saturated heterocycles. The lowest BCUT2D eigenvalue weighted by Crippen LogP contribution is -2.51. The molecule has 2 aliphatic heterocycles. The van der Waals surface area contributed by atoms with Crippen LogP contribution in [0.3, 0.4) is 0 Å². The lowest BCUT2D eigenvalue weighted by atomic mass is 10.0. The van der Waals surface area contributed by atoms with Gasteiger partial charge in [0.05, 0.1) is 13.2 Å². The van der Waals surface area contributed by atoms with Gasteiger partial charge in [0.25, 0.3) is 0 Å². The number of rotatable bonds is 6. The molecule has 3 N–H and O–H groups in total. The minimum absolute atomic E-state index is 0.217. The molecular weight excluding hydrogens is 318 g/mol. The molecule has 25 heavy (non-hydrogen) atoms. The number of carbonyl (C=O) groups is 1. The summed E-state index contributed by atoms with van der Waals surface area (Å²) in [6, 6.07) is 10.6. The maximum absolute atomic E-state index is 12.1. The Balaban J connectivity index is 1.44. The zero-order chi connectivity index (χ0) is 17.5. The summed E-state index contributed by atoms with van der Waals surface area (Å²) in [5.74, 6) is 0. The number of hydrogen-bond donors (Lipinski definition) is 3. The van der Waals surface area contributed by atoms with Crippen LogP contribution in [0.4, 0.5) is 4.79 Å². The van der Waals surface area contributed by atoms with Gasteiger partial charge in [-0.05, 0) is 24.9 Å². The van der Waals surface area contributed by atoms with Crippen molar-refractivity contribution in [3.05, 3.63) is 35.9 Å². The van der Waals surface area contributed by atoms with Crippen molar-refractivity contribution in [2.75, 3.05) is 32.8 Å². The molecule has 0 radical (unpaired) electrons. The predicted octanol–water partition coefficient (Wildman–Crippen LogP) is 1.49. The molecule has 2 fully saturated rings. The fourth-order valence-corrected chi connectivity index (χ4v) is 3.57. The minimum Gasteiger partial charge on any atom is -0.386 e. The van der Waals surface area contributed by atoms with Gasteiger partial charge in [-0.15, -0.1) is 0 Å². The van der Waals surface area contributed by atoms with Gasteiger partial charge in [0, 0.05) is 32.2 Å². The van der Waals surface area contributed by atoms with Crippen molar-refractivity contribution >= 4 is 6.03 Å². The first-order valence-electron chi connectivity index (χ1n) is 9.24. The topological polar surface area (TPSA) is 73.8 Å². The van der Waals surface area contributed by atoms with Crippen molar-refractivity contribution in [1.82, 2.24) is 15.5 Å². The van der Waals surface area contributed by atoms with Crippen LogP contribution in [0.25, 0.3) is 0 Å². The molecule has 2 heterocycles. The van der Waals surface area contributed by atoms with E-state index in [4.69, 9.17) is 4.74 Å². The van der Waals surface area contributed by atoms with Gasteiger partial charge in [-0.3, -0.25) is 4.90 Å². The van der Waals surface area contributed by atoms with Crippen molar-refractivity contribution in [2.24, 2.45) is 0 Å². The molecule has 6 heteroatoms. The molecule has 2 atom stereocenters. The van der Waals surface area contributed by atoms with Crippen LogP contribution in [-0.2, 0) is 11.3 Å². The highest BCUT2D eigenvalue weighted by Gasteiger charge is 2.32. The van der Waals surface area contributed by atoms with Gasteiger partial charge < -0.3 is 20.5 Å². The van der Waals surface area contributed by atoms with Crippen molar-refractivity contribution < 1.29 is 14.6 Å². The Morgan fingerprint density at radius 1 is 1.28 bits per heavy atom. The summed E-state index contributed by atoms with van der Waals surface area (Å²) in [4.78, 5) is 14.5. The lowest BCUT2D eigenvalue weighted by molar-refractivity contribution is 0.0291. The summed E-state index contributed by atoms with van der Waals surface area (Å²) in [6.07, 6.45) is 4.09. The van der Waals surface area contributed by atoms with E-state index in [1.54, 1.807) is 0 Å². The Morgan fingerprint density at radius 2 is 2.12 bits per heavy atom. The molecule has 2 amide bonds. The highest BCUT2D eigenvalue weighted by atomic mass is 16.5. The fraction of sp³-hybridized carbons (Fsp3) is 0.632. The average Bonchev–Trinajstić information content (AvgIpc) is 3.07. The number of nitrogens with one attached hydrogen (secondary N) is 2. The summed E-state index contributed by atoms with van der Waals surface area (Å²) in [7, 11) is 0. The van der Waals surface area contributed by atoms with Crippen LogP contribution < -0.4 is 10.6 Å². The van der Waals surface area contributed by atoms with Crippen LogP contribution in [0.15, 0.2) is 30.3 Å². The fourth-order valence-electron chi connectivity index (χ4n) is 3.57. The second kappa shape index (κ2) is 8.65. The molecule has 0 saturated carbocycles.